The van der Waals surface area contributed by atoms with Crippen LogP contribution in [-0.4, -0.2) is 42.2 Å². The maximum atomic E-state index is 12.2. The van der Waals surface area contributed by atoms with Crippen LogP contribution in [0.5, 0.6) is 5.75 Å². The standard InChI is InChI=1S/C14H18ClNO3/c1-19-13-3-2-11(15)8-10(13)9-14(18)16-6-4-12(17)5-7-16/h2-3,8,12,17H,4-7,9H2,1H3. The highest BCUT2D eigenvalue weighted by Gasteiger charge is 2.22. The number of nitrogens with zero attached hydrogens (tertiary/aromatic N) is 1. The van der Waals surface area contributed by atoms with Crippen LogP contribution in [0.3, 0.4) is 0 Å². The molecule has 0 atom stereocenters. The maximum absolute atomic E-state index is 12.2. The highest BCUT2D eigenvalue weighted by Crippen LogP contribution is 2.24. The minimum Gasteiger partial charge on any atom is -0.496 e. The summed E-state index contributed by atoms with van der Waals surface area (Å²) in [6.07, 6.45) is 1.31. The van der Waals surface area contributed by atoms with Gasteiger partial charge in [0.25, 0.3) is 0 Å². The molecule has 0 aliphatic carbocycles. The second-order valence-corrected chi connectivity index (χ2v) is 5.18. The zero-order valence-electron chi connectivity index (χ0n) is 10.9. The third kappa shape index (κ3) is 3.61. The van der Waals surface area contributed by atoms with Gasteiger partial charge in [0, 0.05) is 23.7 Å². The smallest absolute Gasteiger partial charge is 0.227 e. The molecule has 4 nitrogen and oxygen atoms in total. The summed E-state index contributed by atoms with van der Waals surface area (Å²) < 4.78 is 5.24. The number of ether oxygens (including phenoxy) is 1. The molecule has 1 fully saturated rings. The van der Waals surface area contributed by atoms with E-state index in [4.69, 9.17) is 16.3 Å². The minimum atomic E-state index is -0.273. The van der Waals surface area contributed by atoms with Crippen molar-refractivity contribution < 1.29 is 14.6 Å². The van der Waals surface area contributed by atoms with Crippen molar-refractivity contribution in [2.24, 2.45) is 0 Å². The average Bonchev–Trinajstić information content (AvgIpc) is 2.39. The van der Waals surface area contributed by atoms with E-state index in [1.165, 1.54) is 0 Å². The van der Waals surface area contributed by atoms with Crippen LogP contribution in [0.1, 0.15) is 18.4 Å². The summed E-state index contributed by atoms with van der Waals surface area (Å²) in [6, 6.07) is 5.27. The number of aliphatic hydroxyl groups excluding tert-OH is 1. The van der Waals surface area contributed by atoms with E-state index in [2.05, 4.69) is 0 Å². The SMILES string of the molecule is COc1ccc(Cl)cc1CC(=O)N1CCC(O)CC1. The van der Waals surface area contributed by atoms with Gasteiger partial charge in [0.1, 0.15) is 5.75 Å². The third-order valence-electron chi connectivity index (χ3n) is 3.40. The number of piperidine rings is 1. The Kier molecular flexibility index (Phi) is 4.66. The van der Waals surface area contributed by atoms with E-state index >= 15 is 0 Å². The van der Waals surface area contributed by atoms with E-state index in [1.54, 1.807) is 30.2 Å². The number of hydrogen-bond donors (Lipinski definition) is 1. The van der Waals surface area contributed by atoms with Crippen molar-refractivity contribution in [3.8, 4) is 5.75 Å². The van der Waals surface area contributed by atoms with Crippen molar-refractivity contribution in [1.29, 1.82) is 0 Å². The van der Waals surface area contributed by atoms with Gasteiger partial charge in [-0.05, 0) is 31.0 Å². The number of carbonyl (C=O) groups is 1. The predicted octanol–water partition coefficient (Wildman–Crippen LogP) is 1.87. The summed E-state index contributed by atoms with van der Waals surface area (Å²) in [5.74, 6) is 0.724. The number of rotatable bonds is 3. The molecule has 104 valence electrons. The molecule has 1 amide bonds. The van der Waals surface area contributed by atoms with Crippen molar-refractivity contribution in [2.45, 2.75) is 25.4 Å². The number of aliphatic hydroxyl groups is 1. The fourth-order valence-corrected chi connectivity index (χ4v) is 2.47. The third-order valence-corrected chi connectivity index (χ3v) is 3.64. The molecular weight excluding hydrogens is 266 g/mol. The topological polar surface area (TPSA) is 49.8 Å². The number of likely N-dealkylation sites (tertiary alicyclic amines) is 1. The van der Waals surface area contributed by atoms with Gasteiger partial charge in [0.05, 0.1) is 19.6 Å². The summed E-state index contributed by atoms with van der Waals surface area (Å²) in [4.78, 5) is 14.0. The Balaban J connectivity index is 2.04. The van der Waals surface area contributed by atoms with Crippen LogP contribution in [0.2, 0.25) is 5.02 Å². The van der Waals surface area contributed by atoms with Gasteiger partial charge in [0.2, 0.25) is 5.91 Å². The summed E-state index contributed by atoms with van der Waals surface area (Å²) in [7, 11) is 1.58. The van der Waals surface area contributed by atoms with E-state index in [0.29, 0.717) is 36.7 Å². The molecule has 19 heavy (non-hydrogen) atoms. The normalized spacial score (nSPS) is 16.5. The van der Waals surface area contributed by atoms with Crippen molar-refractivity contribution in [2.75, 3.05) is 20.2 Å². The van der Waals surface area contributed by atoms with E-state index in [0.717, 1.165) is 5.56 Å². The Labute approximate surface area is 117 Å². The van der Waals surface area contributed by atoms with Crippen LogP contribution in [0.15, 0.2) is 18.2 Å². The summed E-state index contributed by atoms with van der Waals surface area (Å²) in [6.45, 7) is 1.23. The molecular formula is C14H18ClNO3. The number of methoxy groups -OCH3 is 1. The number of benzene rings is 1. The summed E-state index contributed by atoms with van der Waals surface area (Å²) >= 11 is 5.95. The number of amides is 1. The van der Waals surface area contributed by atoms with Crippen molar-refractivity contribution >= 4 is 17.5 Å². The first-order valence-electron chi connectivity index (χ1n) is 6.38. The van der Waals surface area contributed by atoms with Crippen LogP contribution in [0.4, 0.5) is 0 Å². The van der Waals surface area contributed by atoms with Crippen molar-refractivity contribution in [3.63, 3.8) is 0 Å². The zero-order chi connectivity index (χ0) is 13.8. The number of halogens is 1. The van der Waals surface area contributed by atoms with Gasteiger partial charge in [0.15, 0.2) is 0 Å². The zero-order valence-corrected chi connectivity index (χ0v) is 11.7. The first kappa shape index (κ1) is 14.2. The second-order valence-electron chi connectivity index (χ2n) is 4.74. The lowest BCUT2D eigenvalue weighted by Gasteiger charge is -2.29. The molecule has 1 aliphatic heterocycles. The van der Waals surface area contributed by atoms with Crippen LogP contribution in [0, 0.1) is 0 Å². The van der Waals surface area contributed by atoms with Gasteiger partial charge in [-0.3, -0.25) is 4.79 Å². The van der Waals surface area contributed by atoms with Crippen LogP contribution in [-0.2, 0) is 11.2 Å². The summed E-state index contributed by atoms with van der Waals surface area (Å²) in [5, 5.41) is 10.0. The molecule has 1 aromatic rings. The largest absolute Gasteiger partial charge is 0.496 e. The molecule has 1 aromatic carbocycles. The van der Waals surface area contributed by atoms with E-state index in [-0.39, 0.29) is 18.4 Å². The number of carbonyl (C=O) groups excluding carboxylic acids is 1. The molecule has 0 radical (unpaired) electrons. The van der Waals surface area contributed by atoms with Crippen molar-refractivity contribution in [3.05, 3.63) is 28.8 Å². The van der Waals surface area contributed by atoms with E-state index in [1.807, 2.05) is 0 Å². The first-order valence-corrected chi connectivity index (χ1v) is 6.76. The molecule has 0 saturated carbocycles. The average molecular weight is 284 g/mol. The molecule has 0 aromatic heterocycles. The van der Waals surface area contributed by atoms with Gasteiger partial charge < -0.3 is 14.7 Å². The molecule has 5 heteroatoms. The molecule has 0 spiro atoms. The van der Waals surface area contributed by atoms with Crippen LogP contribution < -0.4 is 4.74 Å². The predicted molar refractivity (Wildman–Crippen MR) is 73.5 cm³/mol. The van der Waals surface area contributed by atoms with E-state index < -0.39 is 0 Å². The molecule has 1 aliphatic rings. The monoisotopic (exact) mass is 283 g/mol. The second kappa shape index (κ2) is 6.26. The van der Waals surface area contributed by atoms with Gasteiger partial charge in [-0.1, -0.05) is 11.6 Å². The van der Waals surface area contributed by atoms with Crippen LogP contribution in [0.25, 0.3) is 0 Å². The lowest BCUT2D eigenvalue weighted by atomic mass is 10.1. The fraction of sp³-hybridized carbons (Fsp3) is 0.500. The molecule has 1 heterocycles. The lowest BCUT2D eigenvalue weighted by Crippen LogP contribution is -2.40. The Morgan fingerprint density at radius 3 is 2.79 bits per heavy atom. The fourth-order valence-electron chi connectivity index (χ4n) is 2.28. The van der Waals surface area contributed by atoms with Gasteiger partial charge in [-0.15, -0.1) is 0 Å². The molecule has 0 bridgehead atoms. The van der Waals surface area contributed by atoms with Gasteiger partial charge in [-0.2, -0.15) is 0 Å². The molecule has 1 N–H and O–H groups in total. The first-order chi connectivity index (χ1) is 9.10. The van der Waals surface area contributed by atoms with Gasteiger partial charge >= 0.3 is 0 Å². The molecule has 1 saturated heterocycles. The van der Waals surface area contributed by atoms with Crippen molar-refractivity contribution in [1.82, 2.24) is 4.90 Å². The molecule has 2 rings (SSSR count). The highest BCUT2D eigenvalue weighted by molar-refractivity contribution is 6.30. The molecule has 0 unspecified atom stereocenters. The maximum Gasteiger partial charge on any atom is 0.227 e. The summed E-state index contributed by atoms with van der Waals surface area (Å²) in [5.41, 5.74) is 0.797. The van der Waals surface area contributed by atoms with Crippen LogP contribution >= 0.6 is 11.6 Å². The highest BCUT2D eigenvalue weighted by atomic mass is 35.5. The quantitative estimate of drug-likeness (QED) is 0.921. The minimum absolute atomic E-state index is 0.0486. The number of hydrogen-bond acceptors (Lipinski definition) is 3. The Morgan fingerprint density at radius 2 is 2.16 bits per heavy atom. The van der Waals surface area contributed by atoms with E-state index in [9.17, 15) is 9.90 Å². The Morgan fingerprint density at radius 1 is 1.47 bits per heavy atom. The lowest BCUT2D eigenvalue weighted by molar-refractivity contribution is -0.132. The van der Waals surface area contributed by atoms with Gasteiger partial charge in [-0.25, -0.2) is 0 Å². The Hall–Kier alpha value is -1.26. The Bertz CT molecular complexity index is 456.